The molecule has 0 saturated heterocycles. The Kier molecular flexibility index (Phi) is 4.48. The van der Waals surface area contributed by atoms with E-state index in [9.17, 15) is 27.9 Å². The van der Waals surface area contributed by atoms with Crippen LogP contribution in [0.15, 0.2) is 36.5 Å². The Morgan fingerprint density at radius 2 is 1.93 bits per heavy atom. The van der Waals surface area contributed by atoms with E-state index in [4.69, 9.17) is 4.74 Å². The summed E-state index contributed by atoms with van der Waals surface area (Å²) < 4.78 is 43.6. The molecule has 1 saturated carbocycles. The quantitative estimate of drug-likeness (QED) is 0.804. The zero-order valence-corrected chi connectivity index (χ0v) is 15.1. The number of amides is 1. The summed E-state index contributed by atoms with van der Waals surface area (Å²) >= 11 is 0. The molecule has 1 aliphatic carbocycles. The lowest BCUT2D eigenvalue weighted by molar-refractivity contribution is -0.137. The number of nitrogens with zero attached hydrogens (tertiary/aromatic N) is 1. The molecule has 0 radical (unpaired) electrons. The molecule has 9 heteroatoms. The van der Waals surface area contributed by atoms with Gasteiger partial charge in [0.2, 0.25) is 11.8 Å². The number of rotatable bonds is 3. The number of nitrogens with one attached hydrogen (secondary N) is 1. The van der Waals surface area contributed by atoms with Crippen LogP contribution >= 0.6 is 0 Å². The van der Waals surface area contributed by atoms with Gasteiger partial charge in [-0.3, -0.25) is 4.79 Å². The Hall–Kier alpha value is -3.10. The summed E-state index contributed by atoms with van der Waals surface area (Å²) in [6.07, 6.45) is -2.14. The summed E-state index contributed by atoms with van der Waals surface area (Å²) in [5, 5.41) is 12.1. The zero-order valence-electron chi connectivity index (χ0n) is 15.1. The van der Waals surface area contributed by atoms with E-state index in [1.165, 1.54) is 18.2 Å². The van der Waals surface area contributed by atoms with Crippen LogP contribution in [0.2, 0.25) is 0 Å². The number of aromatic carboxylic acids is 1. The van der Waals surface area contributed by atoms with Crippen molar-refractivity contribution in [1.29, 1.82) is 0 Å². The number of halogens is 3. The van der Waals surface area contributed by atoms with E-state index in [0.717, 1.165) is 12.3 Å². The van der Waals surface area contributed by atoms with Gasteiger partial charge >= 0.3 is 12.1 Å². The molecule has 1 aromatic carbocycles. The Bertz CT molecular complexity index is 965. The summed E-state index contributed by atoms with van der Waals surface area (Å²) in [5.74, 6) is -1.13. The number of pyridine rings is 1. The molecule has 2 aliphatic rings. The molecular formula is C20H17F3N2O4. The second-order valence-electron chi connectivity index (χ2n) is 7.30. The number of hydrogen-bond donors (Lipinski definition) is 2. The zero-order chi connectivity index (χ0) is 20.8. The van der Waals surface area contributed by atoms with Crippen molar-refractivity contribution in [2.75, 3.05) is 5.32 Å². The van der Waals surface area contributed by atoms with E-state index < -0.39 is 23.1 Å². The van der Waals surface area contributed by atoms with Gasteiger partial charge in [0.15, 0.2) is 0 Å². The molecule has 2 aromatic rings. The number of fused-ring (bicyclic) bond motifs is 2. The molecule has 0 bridgehead atoms. The number of carbonyl (C=O) groups is 2. The van der Waals surface area contributed by atoms with Crippen LogP contribution in [-0.4, -0.2) is 28.1 Å². The number of anilines is 1. The van der Waals surface area contributed by atoms with Crippen molar-refractivity contribution in [2.24, 2.45) is 0 Å². The number of carbonyl (C=O) groups excluding carboxylic acids is 1. The average molecular weight is 406 g/mol. The minimum absolute atomic E-state index is 0.100. The molecule has 1 aromatic heterocycles. The van der Waals surface area contributed by atoms with Crippen LogP contribution in [0.3, 0.4) is 0 Å². The summed E-state index contributed by atoms with van der Waals surface area (Å²) in [6.45, 7) is 0. The number of carboxylic acids is 1. The van der Waals surface area contributed by atoms with Crippen LogP contribution in [0.5, 0.6) is 5.88 Å². The Labute approximate surface area is 163 Å². The van der Waals surface area contributed by atoms with Crippen LogP contribution in [-0.2, 0) is 16.4 Å². The van der Waals surface area contributed by atoms with E-state index >= 15 is 0 Å². The first-order chi connectivity index (χ1) is 13.7. The van der Waals surface area contributed by atoms with Crippen LogP contribution in [0.25, 0.3) is 0 Å². The van der Waals surface area contributed by atoms with Crippen molar-refractivity contribution in [3.8, 4) is 5.88 Å². The van der Waals surface area contributed by atoms with Gasteiger partial charge in [-0.15, -0.1) is 0 Å². The van der Waals surface area contributed by atoms with Crippen LogP contribution in [0, 0.1) is 0 Å². The van der Waals surface area contributed by atoms with Gasteiger partial charge in [-0.1, -0.05) is 0 Å². The molecule has 2 N–H and O–H groups in total. The third kappa shape index (κ3) is 3.41. The van der Waals surface area contributed by atoms with Crippen molar-refractivity contribution in [3.05, 3.63) is 53.2 Å². The number of carboxylic acid groups (broad SMARTS) is 1. The minimum Gasteiger partial charge on any atom is -0.478 e. The molecule has 4 rings (SSSR count). The van der Waals surface area contributed by atoms with Crippen molar-refractivity contribution in [2.45, 2.75) is 43.4 Å². The highest BCUT2D eigenvalue weighted by molar-refractivity contribution is 6.07. The fraction of sp³-hybridized carbons (Fsp3) is 0.350. The van der Waals surface area contributed by atoms with Crippen molar-refractivity contribution >= 4 is 17.6 Å². The highest BCUT2D eigenvalue weighted by Gasteiger charge is 2.49. The van der Waals surface area contributed by atoms with E-state index in [2.05, 4.69) is 10.3 Å². The van der Waals surface area contributed by atoms with Gasteiger partial charge in [-0.05, 0) is 55.5 Å². The first-order valence-corrected chi connectivity index (χ1v) is 9.08. The molecule has 0 atom stereocenters. The maximum absolute atomic E-state index is 12.7. The normalized spacial score (nSPS) is 23.6. The van der Waals surface area contributed by atoms with Gasteiger partial charge < -0.3 is 15.2 Å². The SMILES string of the molecule is O=C(O)c1ccc2c(c1)[C@]1(CC[C@@H](Oc3ccc(C(F)(F)F)cn3)CC1)C(=O)N2. The van der Waals surface area contributed by atoms with Gasteiger partial charge in [0.25, 0.3) is 0 Å². The van der Waals surface area contributed by atoms with Crippen LogP contribution < -0.4 is 10.1 Å². The highest BCUT2D eigenvalue weighted by Crippen LogP contribution is 2.48. The fourth-order valence-electron chi connectivity index (χ4n) is 4.03. The van der Waals surface area contributed by atoms with E-state index in [1.807, 2.05) is 0 Å². The van der Waals surface area contributed by atoms with Crippen molar-refractivity contribution in [3.63, 3.8) is 0 Å². The lowest BCUT2D eigenvalue weighted by atomic mass is 9.69. The average Bonchev–Trinajstić information content (AvgIpc) is 2.94. The third-order valence-electron chi connectivity index (χ3n) is 5.60. The van der Waals surface area contributed by atoms with E-state index in [1.54, 1.807) is 6.07 Å². The minimum atomic E-state index is -4.46. The largest absolute Gasteiger partial charge is 0.478 e. The second kappa shape index (κ2) is 6.75. The third-order valence-corrected chi connectivity index (χ3v) is 5.60. The van der Waals surface area contributed by atoms with Gasteiger partial charge in [0, 0.05) is 18.0 Å². The molecule has 1 amide bonds. The van der Waals surface area contributed by atoms with Gasteiger partial charge in [0.1, 0.15) is 6.10 Å². The lowest BCUT2D eigenvalue weighted by Crippen LogP contribution is -2.41. The summed E-state index contributed by atoms with van der Waals surface area (Å²) in [4.78, 5) is 27.7. The molecule has 2 heterocycles. The molecule has 1 fully saturated rings. The predicted octanol–water partition coefficient (Wildman–Crippen LogP) is 4.01. The van der Waals surface area contributed by atoms with Gasteiger partial charge in [-0.2, -0.15) is 13.2 Å². The molecule has 6 nitrogen and oxygen atoms in total. The molecule has 29 heavy (non-hydrogen) atoms. The first-order valence-electron chi connectivity index (χ1n) is 9.08. The van der Waals surface area contributed by atoms with Crippen molar-refractivity contribution < 1.29 is 32.6 Å². The molecule has 152 valence electrons. The molecule has 1 spiro atoms. The lowest BCUT2D eigenvalue weighted by Gasteiger charge is -2.35. The summed E-state index contributed by atoms with van der Waals surface area (Å²) in [5.41, 5.74) is -0.251. The Balaban J connectivity index is 1.48. The second-order valence-corrected chi connectivity index (χ2v) is 7.30. The number of aromatic nitrogens is 1. The van der Waals surface area contributed by atoms with E-state index in [-0.39, 0.29) is 23.5 Å². The van der Waals surface area contributed by atoms with E-state index in [0.29, 0.717) is 36.9 Å². The smallest absolute Gasteiger partial charge is 0.417 e. The van der Waals surface area contributed by atoms with Crippen LogP contribution in [0.1, 0.15) is 47.2 Å². The van der Waals surface area contributed by atoms with Crippen molar-refractivity contribution in [1.82, 2.24) is 4.98 Å². The first kappa shape index (κ1) is 19.2. The number of hydrogen-bond acceptors (Lipinski definition) is 4. The molecular weight excluding hydrogens is 389 g/mol. The number of ether oxygens (including phenoxy) is 1. The maximum Gasteiger partial charge on any atom is 0.417 e. The van der Waals surface area contributed by atoms with Gasteiger partial charge in [0.05, 0.1) is 16.5 Å². The van der Waals surface area contributed by atoms with Gasteiger partial charge in [-0.25, -0.2) is 9.78 Å². The predicted molar refractivity (Wildman–Crippen MR) is 95.8 cm³/mol. The summed E-state index contributed by atoms with van der Waals surface area (Å²) in [7, 11) is 0. The highest BCUT2D eigenvalue weighted by atomic mass is 19.4. The standard InChI is InChI=1S/C20H17F3N2O4/c21-20(22,23)12-2-4-16(24-10-12)29-13-5-7-19(8-6-13)14-9-11(17(26)27)1-3-15(14)25-18(19)28/h1-4,9-10,13H,5-8H2,(H,25,28)(H,26,27)/t13-,19-. The summed E-state index contributed by atoms with van der Waals surface area (Å²) in [6, 6.07) is 6.68. The fourth-order valence-corrected chi connectivity index (χ4v) is 4.03. The Morgan fingerprint density at radius 3 is 2.52 bits per heavy atom. The number of alkyl halides is 3. The van der Waals surface area contributed by atoms with Crippen LogP contribution in [0.4, 0.5) is 18.9 Å². The molecule has 0 unspecified atom stereocenters. The maximum atomic E-state index is 12.7. The Morgan fingerprint density at radius 1 is 1.21 bits per heavy atom. The monoisotopic (exact) mass is 406 g/mol. The topological polar surface area (TPSA) is 88.5 Å². The number of benzene rings is 1. The molecule has 1 aliphatic heterocycles.